The van der Waals surface area contributed by atoms with Gasteiger partial charge in [0.2, 0.25) is 0 Å². The van der Waals surface area contributed by atoms with Crippen molar-refractivity contribution in [2.75, 3.05) is 0 Å². The fraction of sp³-hybridized carbons (Fsp3) is 0.364. The molecule has 1 unspecified atom stereocenters. The summed E-state index contributed by atoms with van der Waals surface area (Å²) >= 11 is 6.83. The van der Waals surface area contributed by atoms with Gasteiger partial charge in [-0.2, -0.15) is 5.10 Å². The van der Waals surface area contributed by atoms with Crippen LogP contribution in [0.1, 0.15) is 23.2 Å². The van der Waals surface area contributed by atoms with Crippen LogP contribution in [0.2, 0.25) is 0 Å². The molecule has 1 atom stereocenters. The molecule has 0 radical (unpaired) electrons. The molecule has 98 valence electrons. The van der Waals surface area contributed by atoms with Crippen LogP contribution in [-0.4, -0.2) is 9.78 Å². The van der Waals surface area contributed by atoms with E-state index in [1.807, 2.05) is 30.8 Å². The molecule has 0 aliphatic rings. The minimum absolute atomic E-state index is 0.0950. The summed E-state index contributed by atoms with van der Waals surface area (Å²) in [5, 5.41) is 4.36. The van der Waals surface area contributed by atoms with Gasteiger partial charge in [0, 0.05) is 13.5 Å². The number of hydrazine groups is 1. The fourth-order valence-electron chi connectivity index (χ4n) is 1.85. The Morgan fingerprint density at radius 1 is 1.50 bits per heavy atom. The van der Waals surface area contributed by atoms with Crippen LogP contribution in [0.4, 0.5) is 0 Å². The van der Waals surface area contributed by atoms with Crippen LogP contribution < -0.4 is 11.3 Å². The molecule has 0 amide bonds. The number of hydrogen-bond donors (Lipinski definition) is 2. The number of nitrogens with two attached hydrogens (primary N) is 1. The van der Waals surface area contributed by atoms with Crippen molar-refractivity contribution >= 4 is 31.9 Å². The Kier molecular flexibility index (Phi) is 4.26. The first-order chi connectivity index (χ1) is 8.52. The van der Waals surface area contributed by atoms with E-state index in [1.54, 1.807) is 0 Å². The molecule has 2 aromatic rings. The summed E-state index contributed by atoms with van der Waals surface area (Å²) in [4.78, 5) is 0. The largest absolute Gasteiger partial charge is 0.453 e. The molecule has 2 heterocycles. The highest BCUT2D eigenvalue weighted by Gasteiger charge is 2.19. The summed E-state index contributed by atoms with van der Waals surface area (Å²) in [6.45, 7) is 1.96. The first-order valence-electron chi connectivity index (χ1n) is 5.42. The van der Waals surface area contributed by atoms with E-state index in [9.17, 15) is 0 Å². The van der Waals surface area contributed by atoms with Gasteiger partial charge in [0.1, 0.15) is 5.76 Å². The van der Waals surface area contributed by atoms with Crippen molar-refractivity contribution in [3.05, 3.63) is 38.4 Å². The third-order valence-electron chi connectivity index (χ3n) is 2.80. The Balaban J connectivity index is 2.25. The number of furan rings is 1. The van der Waals surface area contributed by atoms with Gasteiger partial charge in [0.05, 0.1) is 21.9 Å². The van der Waals surface area contributed by atoms with Crippen LogP contribution >= 0.6 is 31.9 Å². The summed E-state index contributed by atoms with van der Waals surface area (Å²) in [6, 6.07) is 3.65. The molecule has 0 saturated heterocycles. The molecule has 0 aromatic carbocycles. The lowest BCUT2D eigenvalue weighted by Gasteiger charge is -2.13. The zero-order valence-electron chi connectivity index (χ0n) is 10.1. The topological polar surface area (TPSA) is 69.0 Å². The molecule has 0 spiro atoms. The van der Waals surface area contributed by atoms with E-state index >= 15 is 0 Å². The smallest absolute Gasteiger partial charge is 0.169 e. The van der Waals surface area contributed by atoms with Gasteiger partial charge in [-0.1, -0.05) is 0 Å². The van der Waals surface area contributed by atoms with Crippen molar-refractivity contribution < 1.29 is 4.42 Å². The molecule has 0 bridgehead atoms. The lowest BCUT2D eigenvalue weighted by molar-refractivity contribution is 0.399. The quantitative estimate of drug-likeness (QED) is 0.634. The molecule has 7 heteroatoms. The third kappa shape index (κ3) is 2.69. The van der Waals surface area contributed by atoms with Gasteiger partial charge < -0.3 is 4.42 Å². The predicted octanol–water partition coefficient (Wildman–Crippen LogP) is 2.59. The maximum absolute atomic E-state index is 5.60. The number of rotatable bonds is 4. The van der Waals surface area contributed by atoms with Crippen LogP contribution in [0.5, 0.6) is 0 Å². The van der Waals surface area contributed by atoms with Gasteiger partial charge in [-0.05, 0) is 50.9 Å². The Morgan fingerprint density at radius 3 is 2.67 bits per heavy atom. The van der Waals surface area contributed by atoms with Gasteiger partial charge in [-0.15, -0.1) is 0 Å². The van der Waals surface area contributed by atoms with Crippen LogP contribution in [0, 0.1) is 6.92 Å². The first-order valence-corrected chi connectivity index (χ1v) is 7.01. The maximum Gasteiger partial charge on any atom is 0.169 e. The zero-order chi connectivity index (χ0) is 13.3. The number of hydrogen-bond acceptors (Lipinski definition) is 4. The van der Waals surface area contributed by atoms with Crippen LogP contribution in [0.15, 0.2) is 25.7 Å². The van der Waals surface area contributed by atoms with Crippen molar-refractivity contribution in [1.29, 1.82) is 0 Å². The number of aromatic nitrogens is 2. The zero-order valence-corrected chi connectivity index (χ0v) is 13.2. The molecule has 18 heavy (non-hydrogen) atoms. The molecule has 0 fully saturated rings. The van der Waals surface area contributed by atoms with E-state index in [1.165, 1.54) is 0 Å². The Hall–Kier alpha value is -0.630. The van der Waals surface area contributed by atoms with E-state index in [0.29, 0.717) is 11.1 Å². The van der Waals surface area contributed by atoms with Crippen LogP contribution in [-0.2, 0) is 13.5 Å². The van der Waals surface area contributed by atoms with Crippen molar-refractivity contribution in [2.24, 2.45) is 12.9 Å². The second kappa shape index (κ2) is 5.56. The minimum atomic E-state index is -0.0950. The van der Waals surface area contributed by atoms with Crippen molar-refractivity contribution in [1.82, 2.24) is 15.2 Å². The predicted molar refractivity (Wildman–Crippen MR) is 75.8 cm³/mol. The summed E-state index contributed by atoms with van der Waals surface area (Å²) < 4.78 is 9.08. The van der Waals surface area contributed by atoms with Gasteiger partial charge in [0.15, 0.2) is 4.67 Å². The molecular formula is C11H14Br2N4O. The first kappa shape index (κ1) is 13.8. The summed E-state index contributed by atoms with van der Waals surface area (Å²) in [7, 11) is 1.92. The molecule has 3 N–H and O–H groups in total. The Bertz CT molecular complexity index is 549. The van der Waals surface area contributed by atoms with Crippen LogP contribution in [0.3, 0.4) is 0 Å². The minimum Gasteiger partial charge on any atom is -0.453 e. The van der Waals surface area contributed by atoms with Gasteiger partial charge in [-0.3, -0.25) is 10.5 Å². The van der Waals surface area contributed by atoms with Crippen LogP contribution in [0.25, 0.3) is 0 Å². The molecule has 0 aliphatic carbocycles. The SMILES string of the molecule is Cc1nn(C)c(CC(NN)c2ccc(Br)o2)c1Br. The maximum atomic E-state index is 5.60. The second-order valence-corrected chi connectivity index (χ2v) is 5.61. The number of halogens is 2. The summed E-state index contributed by atoms with van der Waals surface area (Å²) in [5.74, 6) is 6.39. The van der Waals surface area contributed by atoms with E-state index < -0.39 is 0 Å². The molecule has 2 rings (SSSR count). The average molecular weight is 378 g/mol. The van der Waals surface area contributed by atoms with E-state index in [-0.39, 0.29) is 6.04 Å². The lowest BCUT2D eigenvalue weighted by Crippen LogP contribution is -2.29. The Labute approximate surface area is 122 Å². The van der Waals surface area contributed by atoms with Gasteiger partial charge >= 0.3 is 0 Å². The highest BCUT2D eigenvalue weighted by molar-refractivity contribution is 9.10. The molecular weight excluding hydrogens is 364 g/mol. The number of aryl methyl sites for hydroxylation is 2. The lowest BCUT2D eigenvalue weighted by atomic mass is 10.1. The van der Waals surface area contributed by atoms with Gasteiger partial charge in [-0.25, -0.2) is 5.43 Å². The van der Waals surface area contributed by atoms with E-state index in [4.69, 9.17) is 10.3 Å². The van der Waals surface area contributed by atoms with E-state index in [2.05, 4.69) is 42.4 Å². The Morgan fingerprint density at radius 2 is 2.22 bits per heavy atom. The fourth-order valence-corrected chi connectivity index (χ4v) is 2.67. The third-order valence-corrected chi connectivity index (χ3v) is 4.26. The number of nitrogens with zero attached hydrogens (tertiary/aromatic N) is 2. The average Bonchev–Trinajstić information content (AvgIpc) is 2.84. The molecule has 0 aliphatic heterocycles. The van der Waals surface area contributed by atoms with Crippen molar-refractivity contribution in [3.63, 3.8) is 0 Å². The number of nitrogens with one attached hydrogen (secondary N) is 1. The monoisotopic (exact) mass is 376 g/mol. The molecule has 2 aromatic heterocycles. The highest BCUT2D eigenvalue weighted by Crippen LogP contribution is 2.27. The van der Waals surface area contributed by atoms with Gasteiger partial charge in [0.25, 0.3) is 0 Å². The highest BCUT2D eigenvalue weighted by atomic mass is 79.9. The second-order valence-electron chi connectivity index (χ2n) is 4.03. The van der Waals surface area contributed by atoms with E-state index in [0.717, 1.165) is 21.6 Å². The summed E-state index contributed by atoms with van der Waals surface area (Å²) in [5.41, 5.74) is 4.80. The molecule has 0 saturated carbocycles. The van der Waals surface area contributed by atoms with Crippen molar-refractivity contribution in [2.45, 2.75) is 19.4 Å². The standard InChI is InChI=1S/C11H14Br2N4O/c1-6-11(13)8(17(2)16-6)5-7(15-14)9-3-4-10(12)18-9/h3-4,7,15H,5,14H2,1-2H3. The molecule has 5 nitrogen and oxygen atoms in total. The van der Waals surface area contributed by atoms with Crippen molar-refractivity contribution in [3.8, 4) is 0 Å². The normalized spacial score (nSPS) is 12.9. The summed E-state index contributed by atoms with van der Waals surface area (Å²) in [6.07, 6.45) is 0.689.